The Bertz CT molecular complexity index is 277. The lowest BCUT2D eigenvalue weighted by Crippen LogP contribution is -1.99. The van der Waals surface area contributed by atoms with Gasteiger partial charge in [0.25, 0.3) is 0 Å². The van der Waals surface area contributed by atoms with Gasteiger partial charge in [-0.1, -0.05) is 26.0 Å². The molecule has 1 aromatic rings. The van der Waals surface area contributed by atoms with E-state index in [0.29, 0.717) is 6.42 Å². The van der Waals surface area contributed by atoms with Gasteiger partial charge in [0.15, 0.2) is 0 Å². The lowest BCUT2D eigenvalue weighted by molar-refractivity contribution is 0.295. The van der Waals surface area contributed by atoms with E-state index in [-0.39, 0.29) is 6.61 Å². The van der Waals surface area contributed by atoms with Gasteiger partial charge in [-0.3, -0.25) is 0 Å². The van der Waals surface area contributed by atoms with Crippen molar-refractivity contribution in [1.29, 1.82) is 0 Å². The zero-order valence-corrected chi connectivity index (χ0v) is 10.3. The van der Waals surface area contributed by atoms with Crippen LogP contribution in [0.4, 0.5) is 0 Å². The van der Waals surface area contributed by atoms with Gasteiger partial charge < -0.3 is 9.84 Å². The summed E-state index contributed by atoms with van der Waals surface area (Å²) >= 11 is 0. The number of hydrogen-bond acceptors (Lipinski definition) is 2. The summed E-state index contributed by atoms with van der Waals surface area (Å²) in [6, 6.07) is 7.96. The number of aliphatic hydroxyl groups is 1. The summed E-state index contributed by atoms with van der Waals surface area (Å²) in [4.78, 5) is 0. The van der Waals surface area contributed by atoms with E-state index < -0.39 is 0 Å². The molecule has 0 heterocycles. The Morgan fingerprint density at radius 2 is 1.88 bits per heavy atom. The number of aliphatic hydroxyl groups excluding tert-OH is 1. The molecular formula is C14H22O2. The van der Waals surface area contributed by atoms with E-state index in [2.05, 4.69) is 13.8 Å². The molecule has 90 valence electrons. The summed E-state index contributed by atoms with van der Waals surface area (Å²) in [6.07, 6.45) is 3.03. The predicted octanol–water partition coefficient (Wildman–Crippen LogP) is 3.04. The van der Waals surface area contributed by atoms with Crippen LogP contribution in [0.2, 0.25) is 0 Å². The smallest absolute Gasteiger partial charge is 0.119 e. The highest BCUT2D eigenvalue weighted by Gasteiger charge is 1.97. The number of hydrogen-bond donors (Lipinski definition) is 1. The zero-order chi connectivity index (χ0) is 11.8. The van der Waals surface area contributed by atoms with E-state index in [4.69, 9.17) is 9.84 Å². The fraction of sp³-hybridized carbons (Fsp3) is 0.571. The van der Waals surface area contributed by atoms with Crippen molar-refractivity contribution in [2.24, 2.45) is 5.92 Å². The number of benzene rings is 1. The minimum absolute atomic E-state index is 0.203. The van der Waals surface area contributed by atoms with Crippen LogP contribution in [0.3, 0.4) is 0 Å². The maximum Gasteiger partial charge on any atom is 0.119 e. The lowest BCUT2D eigenvalue weighted by Gasteiger charge is -2.08. The maximum absolute atomic E-state index is 8.78. The van der Waals surface area contributed by atoms with Crippen LogP contribution in [-0.2, 0) is 6.42 Å². The molecule has 0 saturated carbocycles. The lowest BCUT2D eigenvalue weighted by atomic mass is 10.1. The van der Waals surface area contributed by atoms with E-state index in [1.807, 2.05) is 24.3 Å². The van der Waals surface area contributed by atoms with Crippen LogP contribution in [0.1, 0.15) is 32.3 Å². The van der Waals surface area contributed by atoms with Crippen LogP contribution in [0.5, 0.6) is 5.75 Å². The third-order valence-electron chi connectivity index (χ3n) is 2.52. The Kier molecular flexibility index (Phi) is 5.94. The normalized spacial score (nSPS) is 10.8. The Balaban J connectivity index is 2.26. The molecule has 0 amide bonds. The molecule has 0 aromatic heterocycles. The third kappa shape index (κ3) is 5.17. The first-order chi connectivity index (χ1) is 7.72. The standard InChI is InChI=1S/C14H22O2/c1-12(2)4-3-11-16-14-7-5-13(6-8-14)9-10-15/h5-8,12,15H,3-4,9-11H2,1-2H3. The van der Waals surface area contributed by atoms with Gasteiger partial charge in [0, 0.05) is 6.61 Å². The second-order valence-electron chi connectivity index (χ2n) is 4.50. The van der Waals surface area contributed by atoms with Crippen LogP contribution < -0.4 is 4.74 Å². The van der Waals surface area contributed by atoms with Crippen molar-refractivity contribution in [2.45, 2.75) is 33.1 Å². The van der Waals surface area contributed by atoms with Gasteiger partial charge in [0.2, 0.25) is 0 Å². The molecule has 0 saturated heterocycles. The van der Waals surface area contributed by atoms with Gasteiger partial charge in [0.05, 0.1) is 6.61 Å². The van der Waals surface area contributed by atoms with Crippen molar-refractivity contribution < 1.29 is 9.84 Å². The maximum atomic E-state index is 8.78. The monoisotopic (exact) mass is 222 g/mol. The molecule has 16 heavy (non-hydrogen) atoms. The van der Waals surface area contributed by atoms with Gasteiger partial charge in [-0.15, -0.1) is 0 Å². The van der Waals surface area contributed by atoms with Crippen LogP contribution in [-0.4, -0.2) is 18.3 Å². The first kappa shape index (κ1) is 13.0. The summed E-state index contributed by atoms with van der Waals surface area (Å²) in [5, 5.41) is 8.78. The van der Waals surface area contributed by atoms with E-state index >= 15 is 0 Å². The molecule has 0 aliphatic rings. The molecule has 0 spiro atoms. The molecular weight excluding hydrogens is 200 g/mol. The highest BCUT2D eigenvalue weighted by molar-refractivity contribution is 5.27. The fourth-order valence-electron chi connectivity index (χ4n) is 1.56. The molecule has 0 aliphatic heterocycles. The molecule has 1 aromatic carbocycles. The van der Waals surface area contributed by atoms with Crippen LogP contribution >= 0.6 is 0 Å². The van der Waals surface area contributed by atoms with Crippen molar-refractivity contribution in [3.63, 3.8) is 0 Å². The topological polar surface area (TPSA) is 29.5 Å². The second kappa shape index (κ2) is 7.29. The second-order valence-corrected chi connectivity index (χ2v) is 4.50. The summed E-state index contributed by atoms with van der Waals surface area (Å²) in [5.41, 5.74) is 1.15. The van der Waals surface area contributed by atoms with Crippen LogP contribution in [0.25, 0.3) is 0 Å². The van der Waals surface area contributed by atoms with Gasteiger partial charge in [-0.05, 0) is 42.9 Å². The Labute approximate surface area is 98.3 Å². The molecule has 2 heteroatoms. The van der Waals surface area contributed by atoms with Crippen molar-refractivity contribution >= 4 is 0 Å². The Morgan fingerprint density at radius 3 is 2.44 bits per heavy atom. The van der Waals surface area contributed by atoms with Crippen molar-refractivity contribution in [3.8, 4) is 5.75 Å². The summed E-state index contributed by atoms with van der Waals surface area (Å²) in [6.45, 7) is 5.44. The van der Waals surface area contributed by atoms with Crippen LogP contribution in [0.15, 0.2) is 24.3 Å². The highest BCUT2D eigenvalue weighted by atomic mass is 16.5. The highest BCUT2D eigenvalue weighted by Crippen LogP contribution is 2.13. The number of rotatable bonds is 7. The van der Waals surface area contributed by atoms with Gasteiger partial charge in [-0.25, -0.2) is 0 Å². The molecule has 0 atom stereocenters. The quantitative estimate of drug-likeness (QED) is 0.718. The molecule has 2 nitrogen and oxygen atoms in total. The van der Waals surface area contributed by atoms with Crippen molar-refractivity contribution in [3.05, 3.63) is 29.8 Å². The average Bonchev–Trinajstić information content (AvgIpc) is 2.27. The average molecular weight is 222 g/mol. The third-order valence-corrected chi connectivity index (χ3v) is 2.52. The Hall–Kier alpha value is -1.02. The summed E-state index contributed by atoms with van der Waals surface area (Å²) in [5.74, 6) is 1.67. The molecule has 1 N–H and O–H groups in total. The minimum Gasteiger partial charge on any atom is -0.494 e. The number of ether oxygens (including phenoxy) is 1. The van der Waals surface area contributed by atoms with Gasteiger partial charge in [0.1, 0.15) is 5.75 Å². The first-order valence-corrected chi connectivity index (χ1v) is 6.05. The first-order valence-electron chi connectivity index (χ1n) is 6.05. The van der Waals surface area contributed by atoms with E-state index in [0.717, 1.165) is 30.3 Å². The molecule has 0 bridgehead atoms. The van der Waals surface area contributed by atoms with Crippen LogP contribution in [0, 0.1) is 5.92 Å². The molecule has 0 aliphatic carbocycles. The molecule has 1 rings (SSSR count). The zero-order valence-electron chi connectivity index (χ0n) is 10.3. The SMILES string of the molecule is CC(C)CCCOc1ccc(CCO)cc1. The van der Waals surface area contributed by atoms with E-state index in [1.165, 1.54) is 6.42 Å². The largest absolute Gasteiger partial charge is 0.494 e. The van der Waals surface area contributed by atoms with E-state index in [9.17, 15) is 0 Å². The molecule has 0 radical (unpaired) electrons. The Morgan fingerprint density at radius 1 is 1.19 bits per heavy atom. The van der Waals surface area contributed by atoms with E-state index in [1.54, 1.807) is 0 Å². The fourth-order valence-corrected chi connectivity index (χ4v) is 1.56. The van der Waals surface area contributed by atoms with Gasteiger partial charge >= 0.3 is 0 Å². The minimum atomic E-state index is 0.203. The predicted molar refractivity (Wildman–Crippen MR) is 66.8 cm³/mol. The van der Waals surface area contributed by atoms with Crippen molar-refractivity contribution in [2.75, 3.05) is 13.2 Å². The summed E-state index contributed by atoms with van der Waals surface area (Å²) < 4.78 is 5.63. The summed E-state index contributed by atoms with van der Waals surface area (Å²) in [7, 11) is 0. The van der Waals surface area contributed by atoms with Crippen molar-refractivity contribution in [1.82, 2.24) is 0 Å². The molecule has 0 fully saturated rings. The molecule has 0 unspecified atom stereocenters. The van der Waals surface area contributed by atoms with Gasteiger partial charge in [-0.2, -0.15) is 0 Å².